The Hall–Kier alpha value is -4.12. The molecule has 0 aliphatic rings. The lowest BCUT2D eigenvalue weighted by Gasteiger charge is -2.18. The summed E-state index contributed by atoms with van der Waals surface area (Å²) < 4.78 is 1.85. The predicted molar refractivity (Wildman–Crippen MR) is 133 cm³/mol. The Morgan fingerprint density at radius 1 is 1.00 bits per heavy atom. The highest BCUT2D eigenvalue weighted by Crippen LogP contribution is 2.25. The Morgan fingerprint density at radius 3 is 2.58 bits per heavy atom. The molecule has 3 aromatic carbocycles. The molecule has 2 aromatic heterocycles. The van der Waals surface area contributed by atoms with Crippen molar-refractivity contribution in [3.8, 4) is 16.8 Å². The molecule has 5 nitrogen and oxygen atoms in total. The highest BCUT2D eigenvalue weighted by atomic mass is 16.2. The number of hydrogen-bond donors (Lipinski definition) is 1. The van der Waals surface area contributed by atoms with Gasteiger partial charge in [0.25, 0.3) is 5.91 Å². The lowest BCUT2D eigenvalue weighted by molar-refractivity contribution is 0.0789. The SMILES string of the molecule is Cc1ccccc1-c1ccc(-n2cncc2C(=O)N(C)CCc2c[nH]c3ccccc23)cc1. The molecule has 1 N–H and O–H groups in total. The van der Waals surface area contributed by atoms with Crippen LogP contribution in [-0.2, 0) is 6.42 Å². The minimum atomic E-state index is -0.0460. The summed E-state index contributed by atoms with van der Waals surface area (Å²) in [5.41, 5.74) is 7.40. The van der Waals surface area contributed by atoms with Crippen molar-refractivity contribution in [2.75, 3.05) is 13.6 Å². The van der Waals surface area contributed by atoms with Crippen molar-refractivity contribution in [1.29, 1.82) is 0 Å². The van der Waals surface area contributed by atoms with E-state index in [-0.39, 0.29) is 5.91 Å². The predicted octanol–water partition coefficient (Wildman–Crippen LogP) is 5.64. The van der Waals surface area contributed by atoms with Crippen LogP contribution in [0.3, 0.4) is 0 Å². The van der Waals surface area contributed by atoms with Crippen LogP contribution in [0.15, 0.2) is 91.5 Å². The van der Waals surface area contributed by atoms with Crippen LogP contribution in [-0.4, -0.2) is 38.9 Å². The van der Waals surface area contributed by atoms with Gasteiger partial charge in [0.15, 0.2) is 0 Å². The third-order valence-corrected chi connectivity index (χ3v) is 6.20. The molecule has 0 radical (unpaired) electrons. The number of fused-ring (bicyclic) bond motifs is 1. The van der Waals surface area contributed by atoms with E-state index in [4.69, 9.17) is 0 Å². The van der Waals surface area contributed by atoms with Gasteiger partial charge >= 0.3 is 0 Å². The number of aryl methyl sites for hydroxylation is 1. The van der Waals surface area contributed by atoms with Crippen molar-refractivity contribution in [1.82, 2.24) is 19.4 Å². The summed E-state index contributed by atoms with van der Waals surface area (Å²) in [5.74, 6) is -0.0460. The summed E-state index contributed by atoms with van der Waals surface area (Å²) >= 11 is 0. The maximum absolute atomic E-state index is 13.2. The minimum absolute atomic E-state index is 0.0460. The van der Waals surface area contributed by atoms with Gasteiger partial charge < -0.3 is 9.88 Å². The Kier molecular flexibility index (Phi) is 5.53. The van der Waals surface area contributed by atoms with Gasteiger partial charge in [-0.25, -0.2) is 4.98 Å². The van der Waals surface area contributed by atoms with Crippen molar-refractivity contribution in [3.05, 3.63) is 108 Å². The van der Waals surface area contributed by atoms with Gasteiger partial charge in [0.05, 0.1) is 12.5 Å². The fourth-order valence-corrected chi connectivity index (χ4v) is 4.28. The largest absolute Gasteiger partial charge is 0.361 e. The average Bonchev–Trinajstić information content (AvgIpc) is 3.50. The molecule has 0 bridgehead atoms. The lowest BCUT2D eigenvalue weighted by atomic mass is 10.0. The third kappa shape index (κ3) is 4.05. The van der Waals surface area contributed by atoms with Crippen LogP contribution in [0.2, 0.25) is 0 Å². The van der Waals surface area contributed by atoms with Gasteiger partial charge in [-0.3, -0.25) is 9.36 Å². The quantitative estimate of drug-likeness (QED) is 0.376. The molecule has 5 heteroatoms. The molecule has 5 aromatic rings. The summed E-state index contributed by atoms with van der Waals surface area (Å²) in [6, 6.07) is 24.8. The maximum Gasteiger partial charge on any atom is 0.272 e. The summed E-state index contributed by atoms with van der Waals surface area (Å²) in [6.07, 6.45) is 6.15. The van der Waals surface area contributed by atoms with Crippen LogP contribution < -0.4 is 0 Å². The number of rotatable bonds is 6. The van der Waals surface area contributed by atoms with Crippen LogP contribution in [0, 0.1) is 6.92 Å². The molecular weight excluding hydrogens is 408 g/mol. The molecule has 0 fully saturated rings. The van der Waals surface area contributed by atoms with Gasteiger partial charge in [-0.15, -0.1) is 0 Å². The van der Waals surface area contributed by atoms with Gasteiger partial charge in [0.2, 0.25) is 0 Å². The number of nitrogens with one attached hydrogen (secondary N) is 1. The van der Waals surface area contributed by atoms with Gasteiger partial charge in [0.1, 0.15) is 5.69 Å². The first-order chi connectivity index (χ1) is 16.1. The van der Waals surface area contributed by atoms with E-state index in [9.17, 15) is 4.79 Å². The zero-order chi connectivity index (χ0) is 22.8. The van der Waals surface area contributed by atoms with Crippen molar-refractivity contribution in [2.24, 2.45) is 0 Å². The molecule has 164 valence electrons. The fourth-order valence-electron chi connectivity index (χ4n) is 4.28. The second-order valence-corrected chi connectivity index (χ2v) is 8.35. The van der Waals surface area contributed by atoms with Crippen LogP contribution in [0.25, 0.3) is 27.7 Å². The summed E-state index contributed by atoms with van der Waals surface area (Å²) in [6.45, 7) is 2.74. The number of nitrogens with zero attached hydrogens (tertiary/aromatic N) is 3. The van der Waals surface area contributed by atoms with E-state index in [0.717, 1.165) is 23.2 Å². The normalized spacial score (nSPS) is 11.1. The van der Waals surface area contributed by atoms with Gasteiger partial charge in [0, 0.05) is 36.4 Å². The molecule has 0 saturated carbocycles. The fraction of sp³-hybridized carbons (Fsp3) is 0.143. The number of likely N-dealkylation sites (N-methyl/N-ethyl adjacent to an activating group) is 1. The summed E-state index contributed by atoms with van der Waals surface area (Å²) in [7, 11) is 1.84. The highest BCUT2D eigenvalue weighted by molar-refractivity contribution is 5.93. The molecule has 5 rings (SSSR count). The molecule has 1 amide bonds. The summed E-state index contributed by atoms with van der Waals surface area (Å²) in [4.78, 5) is 22.5. The van der Waals surface area contributed by atoms with E-state index < -0.39 is 0 Å². The smallest absolute Gasteiger partial charge is 0.272 e. The highest BCUT2D eigenvalue weighted by Gasteiger charge is 2.18. The van der Waals surface area contributed by atoms with Gasteiger partial charge in [-0.2, -0.15) is 0 Å². The number of amides is 1. The number of carbonyl (C=O) groups excluding carboxylic acids is 1. The summed E-state index contributed by atoms with van der Waals surface area (Å²) in [5, 5.41) is 1.21. The first-order valence-electron chi connectivity index (χ1n) is 11.1. The number of carbonyl (C=O) groups is 1. The van der Waals surface area contributed by atoms with Crippen molar-refractivity contribution < 1.29 is 4.79 Å². The van der Waals surface area contributed by atoms with E-state index in [1.807, 2.05) is 48.1 Å². The third-order valence-electron chi connectivity index (χ3n) is 6.20. The number of aromatic nitrogens is 3. The molecule has 0 aliphatic heterocycles. The van der Waals surface area contributed by atoms with E-state index in [1.54, 1.807) is 17.4 Å². The Morgan fingerprint density at radius 2 is 1.76 bits per heavy atom. The molecule has 0 spiro atoms. The lowest BCUT2D eigenvalue weighted by Crippen LogP contribution is -2.30. The molecular formula is C28H26N4O. The van der Waals surface area contributed by atoms with Gasteiger partial charge in [-0.05, 0) is 53.8 Å². The molecule has 2 heterocycles. The van der Waals surface area contributed by atoms with Crippen molar-refractivity contribution in [3.63, 3.8) is 0 Å². The second kappa shape index (κ2) is 8.79. The van der Waals surface area contributed by atoms with E-state index in [0.29, 0.717) is 12.2 Å². The first-order valence-corrected chi connectivity index (χ1v) is 11.1. The number of para-hydroxylation sites is 1. The molecule has 33 heavy (non-hydrogen) atoms. The molecule has 0 aliphatic carbocycles. The molecule has 0 saturated heterocycles. The second-order valence-electron chi connectivity index (χ2n) is 8.35. The van der Waals surface area contributed by atoms with Crippen LogP contribution >= 0.6 is 0 Å². The van der Waals surface area contributed by atoms with E-state index in [2.05, 4.69) is 59.4 Å². The molecule has 0 unspecified atom stereocenters. The molecule has 0 atom stereocenters. The van der Waals surface area contributed by atoms with Gasteiger partial charge in [-0.1, -0.05) is 54.6 Å². The standard InChI is InChI=1S/C28H26N4O/c1-20-7-3-4-8-24(20)21-11-13-23(14-12-21)32-19-29-18-27(32)28(33)31(2)16-15-22-17-30-26-10-6-5-9-25(22)26/h3-14,17-19,30H,15-16H2,1-2H3. The number of benzene rings is 3. The van der Waals surface area contributed by atoms with Crippen LogP contribution in [0.5, 0.6) is 0 Å². The van der Waals surface area contributed by atoms with Crippen molar-refractivity contribution >= 4 is 16.8 Å². The zero-order valence-corrected chi connectivity index (χ0v) is 18.8. The number of hydrogen-bond acceptors (Lipinski definition) is 2. The van der Waals surface area contributed by atoms with Crippen molar-refractivity contribution in [2.45, 2.75) is 13.3 Å². The topological polar surface area (TPSA) is 53.9 Å². The number of imidazole rings is 1. The minimum Gasteiger partial charge on any atom is -0.361 e. The zero-order valence-electron chi connectivity index (χ0n) is 18.8. The van der Waals surface area contributed by atoms with Crippen LogP contribution in [0.1, 0.15) is 21.6 Å². The van der Waals surface area contributed by atoms with E-state index in [1.165, 1.54) is 22.1 Å². The van der Waals surface area contributed by atoms with Crippen LogP contribution in [0.4, 0.5) is 0 Å². The average molecular weight is 435 g/mol. The Balaban J connectivity index is 1.32. The Labute approximate surface area is 193 Å². The Bertz CT molecular complexity index is 1410. The maximum atomic E-state index is 13.2. The number of H-pyrrole nitrogens is 1. The van der Waals surface area contributed by atoms with E-state index >= 15 is 0 Å². The number of aromatic amines is 1. The first kappa shape index (κ1) is 20.8. The monoisotopic (exact) mass is 434 g/mol.